The molecule has 1 aliphatic rings. The molecule has 1 aromatic carbocycles. The van der Waals surface area contributed by atoms with Crippen LogP contribution >= 0.6 is 24.0 Å². The first-order chi connectivity index (χ1) is 6.25. The van der Waals surface area contributed by atoms with E-state index >= 15 is 0 Å². The maximum Gasteiger partial charge on any atom is 0.128 e. The third-order valence-corrected chi connectivity index (χ3v) is 2.63. The van der Waals surface area contributed by atoms with Crippen molar-refractivity contribution in [2.75, 3.05) is 6.54 Å². The van der Waals surface area contributed by atoms with E-state index in [0.717, 1.165) is 17.0 Å². The van der Waals surface area contributed by atoms with Gasteiger partial charge in [0, 0.05) is 17.6 Å². The molecule has 0 aliphatic carbocycles. The Labute approximate surface area is 94.1 Å². The van der Waals surface area contributed by atoms with E-state index in [-0.39, 0.29) is 18.4 Å². The fraction of sp³-hybridized carbons (Fsp3) is 0.400. The smallest absolute Gasteiger partial charge is 0.128 e. The van der Waals surface area contributed by atoms with Crippen LogP contribution < -0.4 is 5.32 Å². The van der Waals surface area contributed by atoms with Gasteiger partial charge >= 0.3 is 0 Å². The highest BCUT2D eigenvalue weighted by molar-refractivity contribution is 6.30. The van der Waals surface area contributed by atoms with Crippen molar-refractivity contribution in [3.8, 4) is 0 Å². The highest BCUT2D eigenvalue weighted by atomic mass is 35.5. The van der Waals surface area contributed by atoms with E-state index in [9.17, 15) is 4.39 Å². The van der Waals surface area contributed by atoms with E-state index in [1.54, 1.807) is 0 Å². The number of nitrogens with one attached hydrogen (secondary N) is 1. The molecule has 1 nitrogen and oxygen atoms in total. The number of benzene rings is 1. The molecule has 0 amide bonds. The minimum absolute atomic E-state index is 0. The Morgan fingerprint density at radius 1 is 1.36 bits per heavy atom. The minimum atomic E-state index is -0.685. The van der Waals surface area contributed by atoms with E-state index < -0.39 is 6.17 Å². The van der Waals surface area contributed by atoms with E-state index in [1.165, 1.54) is 0 Å². The van der Waals surface area contributed by atoms with Crippen LogP contribution in [-0.2, 0) is 6.42 Å². The van der Waals surface area contributed by atoms with Gasteiger partial charge in [0.15, 0.2) is 0 Å². The first-order valence-corrected chi connectivity index (χ1v) is 4.75. The predicted molar refractivity (Wildman–Crippen MR) is 59.1 cm³/mol. The second-order valence-corrected chi connectivity index (χ2v) is 3.80. The first-order valence-electron chi connectivity index (χ1n) is 4.37. The van der Waals surface area contributed by atoms with Gasteiger partial charge < -0.3 is 5.32 Å². The molecule has 1 aliphatic heterocycles. The maximum absolute atomic E-state index is 12.9. The zero-order valence-corrected chi connectivity index (χ0v) is 9.11. The molecule has 0 aromatic heterocycles. The van der Waals surface area contributed by atoms with Crippen molar-refractivity contribution >= 4 is 24.0 Å². The first kappa shape index (κ1) is 11.8. The maximum atomic E-state index is 12.9. The molecule has 0 bridgehead atoms. The van der Waals surface area contributed by atoms with Gasteiger partial charge in [-0.15, -0.1) is 12.4 Å². The summed E-state index contributed by atoms with van der Waals surface area (Å²) in [7, 11) is 0. The minimum Gasteiger partial charge on any atom is -0.308 e. The SMILES string of the molecule is Cl.F[C@@H]1CN[C@H]1Cc1ccc(Cl)cc1. The summed E-state index contributed by atoms with van der Waals surface area (Å²) >= 11 is 5.74. The Balaban J connectivity index is 0.000000980. The molecule has 1 saturated heterocycles. The van der Waals surface area contributed by atoms with Crippen molar-refractivity contribution in [3.63, 3.8) is 0 Å². The van der Waals surface area contributed by atoms with Gasteiger partial charge in [0.25, 0.3) is 0 Å². The molecule has 14 heavy (non-hydrogen) atoms. The van der Waals surface area contributed by atoms with Crippen molar-refractivity contribution in [2.45, 2.75) is 18.6 Å². The van der Waals surface area contributed by atoms with Crippen LogP contribution in [-0.4, -0.2) is 18.8 Å². The quantitative estimate of drug-likeness (QED) is 0.832. The second-order valence-electron chi connectivity index (χ2n) is 3.36. The van der Waals surface area contributed by atoms with E-state index in [0.29, 0.717) is 6.54 Å². The van der Waals surface area contributed by atoms with Crippen LogP contribution in [0.3, 0.4) is 0 Å². The van der Waals surface area contributed by atoms with E-state index in [4.69, 9.17) is 11.6 Å². The lowest BCUT2D eigenvalue weighted by atomic mass is 9.97. The number of hydrogen-bond acceptors (Lipinski definition) is 1. The summed E-state index contributed by atoms with van der Waals surface area (Å²) in [5, 5.41) is 3.77. The lowest BCUT2D eigenvalue weighted by Gasteiger charge is -2.32. The van der Waals surface area contributed by atoms with Crippen LogP contribution in [0.15, 0.2) is 24.3 Å². The van der Waals surface area contributed by atoms with Gasteiger partial charge in [0.05, 0.1) is 0 Å². The molecule has 2 atom stereocenters. The van der Waals surface area contributed by atoms with Gasteiger partial charge in [0.2, 0.25) is 0 Å². The van der Waals surface area contributed by atoms with Crippen LogP contribution in [0.25, 0.3) is 0 Å². The molecule has 0 saturated carbocycles. The molecular formula is C10H12Cl2FN. The van der Waals surface area contributed by atoms with Gasteiger partial charge in [0.1, 0.15) is 6.17 Å². The van der Waals surface area contributed by atoms with Crippen LogP contribution in [0.2, 0.25) is 5.02 Å². The van der Waals surface area contributed by atoms with E-state index in [1.807, 2.05) is 24.3 Å². The number of rotatable bonds is 2. The average molecular weight is 236 g/mol. The zero-order chi connectivity index (χ0) is 9.26. The summed E-state index contributed by atoms with van der Waals surface area (Å²) < 4.78 is 12.9. The largest absolute Gasteiger partial charge is 0.308 e. The Bertz CT molecular complexity index is 289. The summed E-state index contributed by atoms with van der Waals surface area (Å²) in [5.74, 6) is 0. The van der Waals surface area contributed by atoms with Crippen LogP contribution in [0.4, 0.5) is 4.39 Å². The van der Waals surface area contributed by atoms with Crippen LogP contribution in [0.1, 0.15) is 5.56 Å². The highest BCUT2D eigenvalue weighted by Crippen LogP contribution is 2.16. The fourth-order valence-corrected chi connectivity index (χ4v) is 1.57. The molecule has 1 aromatic rings. The van der Waals surface area contributed by atoms with Gasteiger partial charge in [-0.05, 0) is 24.1 Å². The summed E-state index contributed by atoms with van der Waals surface area (Å²) in [6.07, 6.45) is 0.0638. The Morgan fingerprint density at radius 2 is 2.00 bits per heavy atom. The Kier molecular flexibility index (Phi) is 4.17. The number of halogens is 3. The van der Waals surface area contributed by atoms with Crippen molar-refractivity contribution in [3.05, 3.63) is 34.9 Å². The predicted octanol–water partition coefficient (Wildman–Crippen LogP) is 2.61. The van der Waals surface area contributed by atoms with Crippen LogP contribution in [0, 0.1) is 0 Å². The van der Waals surface area contributed by atoms with E-state index in [2.05, 4.69) is 5.32 Å². The van der Waals surface area contributed by atoms with Crippen molar-refractivity contribution in [1.29, 1.82) is 0 Å². The molecule has 4 heteroatoms. The summed E-state index contributed by atoms with van der Waals surface area (Å²) in [4.78, 5) is 0. The lowest BCUT2D eigenvalue weighted by molar-refractivity contribution is 0.158. The summed E-state index contributed by atoms with van der Waals surface area (Å²) in [5.41, 5.74) is 1.13. The van der Waals surface area contributed by atoms with Crippen molar-refractivity contribution in [1.82, 2.24) is 5.32 Å². The molecule has 78 valence electrons. The molecule has 2 rings (SSSR count). The Morgan fingerprint density at radius 3 is 2.43 bits per heavy atom. The molecule has 1 N–H and O–H groups in total. The number of hydrogen-bond donors (Lipinski definition) is 1. The summed E-state index contributed by atoms with van der Waals surface area (Å²) in [6, 6.07) is 7.55. The molecule has 1 fully saturated rings. The van der Waals surface area contributed by atoms with Gasteiger partial charge in [-0.3, -0.25) is 0 Å². The average Bonchev–Trinajstić information content (AvgIpc) is 2.15. The second kappa shape index (κ2) is 4.96. The number of alkyl halides is 1. The van der Waals surface area contributed by atoms with Crippen molar-refractivity contribution in [2.24, 2.45) is 0 Å². The monoisotopic (exact) mass is 235 g/mol. The molecule has 0 spiro atoms. The molecule has 0 unspecified atom stereocenters. The third-order valence-electron chi connectivity index (χ3n) is 2.38. The molecule has 0 radical (unpaired) electrons. The highest BCUT2D eigenvalue weighted by Gasteiger charge is 2.29. The van der Waals surface area contributed by atoms with Crippen LogP contribution in [0.5, 0.6) is 0 Å². The zero-order valence-electron chi connectivity index (χ0n) is 7.54. The Hall–Kier alpha value is -0.310. The standard InChI is InChI=1S/C10H11ClFN.ClH/c11-8-3-1-7(2-4-8)5-10-9(12)6-13-10;/h1-4,9-10,13H,5-6H2;1H/t9-,10+;/m1./s1. The van der Waals surface area contributed by atoms with Gasteiger partial charge in [-0.25, -0.2) is 4.39 Å². The molecular weight excluding hydrogens is 224 g/mol. The lowest BCUT2D eigenvalue weighted by Crippen LogP contribution is -2.55. The van der Waals surface area contributed by atoms with Gasteiger partial charge in [-0.1, -0.05) is 23.7 Å². The normalized spacial score (nSPS) is 25.0. The van der Waals surface area contributed by atoms with Gasteiger partial charge in [-0.2, -0.15) is 0 Å². The summed E-state index contributed by atoms with van der Waals surface area (Å²) in [6.45, 7) is 0.498. The third kappa shape index (κ3) is 2.59. The molecule has 1 heterocycles. The fourth-order valence-electron chi connectivity index (χ4n) is 1.45. The van der Waals surface area contributed by atoms with Crippen molar-refractivity contribution < 1.29 is 4.39 Å². The topological polar surface area (TPSA) is 12.0 Å².